The van der Waals surface area contributed by atoms with Crippen LogP contribution in [0, 0.1) is 5.82 Å². The Balaban J connectivity index is 2.39. The van der Waals surface area contributed by atoms with Crippen molar-refractivity contribution in [1.82, 2.24) is 10.2 Å². The summed E-state index contributed by atoms with van der Waals surface area (Å²) in [6.45, 7) is 4.33. The number of rotatable bonds is 6. The third-order valence-electron chi connectivity index (χ3n) is 3.86. The topological polar surface area (TPSA) is 67.9 Å². The summed E-state index contributed by atoms with van der Waals surface area (Å²) in [5.41, 5.74) is 1.47. The lowest BCUT2D eigenvalue weighted by atomic mass is 9.95. The highest BCUT2D eigenvalue weighted by Gasteiger charge is 2.35. The highest BCUT2D eigenvalue weighted by Crippen LogP contribution is 2.31. The number of urea groups is 1. The zero-order valence-corrected chi connectivity index (χ0v) is 14.0. The molecule has 2 amide bonds. The van der Waals surface area contributed by atoms with Crippen molar-refractivity contribution >= 4 is 12.0 Å². The Kier molecular flexibility index (Phi) is 5.92. The lowest BCUT2D eigenvalue weighted by Crippen LogP contribution is -2.47. The first-order chi connectivity index (χ1) is 11.5. The van der Waals surface area contributed by atoms with Crippen LogP contribution in [0.15, 0.2) is 35.5 Å². The second-order valence-corrected chi connectivity index (χ2v) is 5.31. The molecule has 130 valence electrons. The molecule has 0 bridgehead atoms. The average molecular weight is 336 g/mol. The molecule has 0 saturated carbocycles. The maximum atomic E-state index is 13.2. The van der Waals surface area contributed by atoms with Crippen LogP contribution < -0.4 is 5.32 Å². The van der Waals surface area contributed by atoms with Crippen molar-refractivity contribution in [2.45, 2.75) is 19.9 Å². The maximum absolute atomic E-state index is 13.2. The van der Waals surface area contributed by atoms with Crippen molar-refractivity contribution in [3.8, 4) is 0 Å². The summed E-state index contributed by atoms with van der Waals surface area (Å²) in [6.07, 6.45) is 0. The Morgan fingerprint density at radius 2 is 1.96 bits per heavy atom. The molecule has 1 atom stereocenters. The first-order valence-corrected chi connectivity index (χ1v) is 7.69. The predicted molar refractivity (Wildman–Crippen MR) is 85.6 cm³/mol. The molecule has 6 nitrogen and oxygen atoms in total. The highest BCUT2D eigenvalue weighted by atomic mass is 19.1. The van der Waals surface area contributed by atoms with Gasteiger partial charge in [-0.15, -0.1) is 0 Å². The highest BCUT2D eigenvalue weighted by molar-refractivity contribution is 5.95. The number of amides is 2. The summed E-state index contributed by atoms with van der Waals surface area (Å²) >= 11 is 0. The van der Waals surface area contributed by atoms with Crippen LogP contribution in [0.25, 0.3) is 0 Å². The summed E-state index contributed by atoms with van der Waals surface area (Å²) in [5, 5.41) is 2.78. The molecule has 0 spiro atoms. The van der Waals surface area contributed by atoms with E-state index in [1.165, 1.54) is 36.3 Å². The summed E-state index contributed by atoms with van der Waals surface area (Å²) in [4.78, 5) is 26.2. The van der Waals surface area contributed by atoms with E-state index >= 15 is 0 Å². The van der Waals surface area contributed by atoms with Gasteiger partial charge in [0.15, 0.2) is 0 Å². The smallest absolute Gasteiger partial charge is 0.338 e. The molecule has 1 aliphatic heterocycles. The van der Waals surface area contributed by atoms with Crippen molar-refractivity contribution in [2.75, 3.05) is 26.9 Å². The van der Waals surface area contributed by atoms with Crippen LogP contribution in [-0.4, -0.2) is 43.8 Å². The van der Waals surface area contributed by atoms with Crippen LogP contribution >= 0.6 is 0 Å². The van der Waals surface area contributed by atoms with Gasteiger partial charge in [0.05, 0.1) is 18.2 Å². The molecule has 0 radical (unpaired) electrons. The van der Waals surface area contributed by atoms with Gasteiger partial charge >= 0.3 is 12.0 Å². The molecule has 0 saturated heterocycles. The number of halogens is 1. The van der Waals surface area contributed by atoms with Gasteiger partial charge in [-0.2, -0.15) is 0 Å². The Labute approximate surface area is 140 Å². The molecular weight excluding hydrogens is 315 g/mol. The van der Waals surface area contributed by atoms with Crippen molar-refractivity contribution in [1.29, 1.82) is 0 Å². The van der Waals surface area contributed by atoms with Crippen LogP contribution in [-0.2, 0) is 14.3 Å². The van der Waals surface area contributed by atoms with Gasteiger partial charge in [0.2, 0.25) is 0 Å². The van der Waals surface area contributed by atoms with E-state index in [9.17, 15) is 14.0 Å². The molecule has 1 aliphatic rings. The van der Waals surface area contributed by atoms with Gasteiger partial charge < -0.3 is 14.8 Å². The second kappa shape index (κ2) is 7.92. The van der Waals surface area contributed by atoms with Gasteiger partial charge in [0.25, 0.3) is 0 Å². The minimum Gasteiger partial charge on any atom is -0.460 e. The van der Waals surface area contributed by atoms with E-state index in [0.29, 0.717) is 23.4 Å². The molecule has 7 heteroatoms. The van der Waals surface area contributed by atoms with Crippen molar-refractivity contribution < 1.29 is 23.5 Å². The fourth-order valence-electron chi connectivity index (χ4n) is 2.63. The molecule has 1 N–H and O–H groups in total. The van der Waals surface area contributed by atoms with Gasteiger partial charge in [-0.3, -0.25) is 4.90 Å². The second-order valence-electron chi connectivity index (χ2n) is 5.31. The Bertz CT molecular complexity index is 642. The molecule has 0 fully saturated rings. The van der Waals surface area contributed by atoms with Crippen LogP contribution in [0.4, 0.5) is 9.18 Å². The molecule has 2 rings (SSSR count). The lowest BCUT2D eigenvalue weighted by molar-refractivity contribution is -0.140. The van der Waals surface area contributed by atoms with E-state index < -0.39 is 12.0 Å². The molecular formula is C17H21FN2O4. The lowest BCUT2D eigenvalue weighted by Gasteiger charge is -2.34. The van der Waals surface area contributed by atoms with Crippen molar-refractivity contribution in [3.63, 3.8) is 0 Å². The molecule has 0 aliphatic carbocycles. The van der Waals surface area contributed by atoms with Gasteiger partial charge in [-0.1, -0.05) is 12.1 Å². The molecule has 1 unspecified atom stereocenters. The number of allylic oxidation sites excluding steroid dienone is 1. The minimum absolute atomic E-state index is 0.113. The molecule has 1 aromatic rings. The fraction of sp³-hybridized carbons (Fsp3) is 0.412. The zero-order chi connectivity index (χ0) is 17.7. The summed E-state index contributed by atoms with van der Waals surface area (Å²) < 4.78 is 23.3. The number of nitrogens with zero attached hydrogens (tertiary/aromatic N) is 1. The van der Waals surface area contributed by atoms with Gasteiger partial charge in [0, 0.05) is 19.4 Å². The standard InChI is InChI=1S/C17H21FN2O4/c1-4-20-11(2)14(16(21)24-10-9-23-3)15(19-17(20)22)12-5-7-13(18)8-6-12/h5-8,15H,4,9-10H2,1-3H3,(H,19,22). The average Bonchev–Trinajstić information content (AvgIpc) is 2.55. The van der Waals surface area contributed by atoms with E-state index in [-0.39, 0.29) is 25.1 Å². The Morgan fingerprint density at radius 1 is 1.29 bits per heavy atom. The van der Waals surface area contributed by atoms with Crippen LogP contribution in [0.5, 0.6) is 0 Å². The largest absolute Gasteiger partial charge is 0.460 e. The SMILES string of the molecule is CCN1C(=O)NC(c2ccc(F)cc2)C(C(=O)OCCOC)=C1C. The first-order valence-electron chi connectivity index (χ1n) is 7.69. The number of carbonyl (C=O) groups excluding carboxylic acids is 2. The number of nitrogens with one attached hydrogen (secondary N) is 1. The molecule has 24 heavy (non-hydrogen) atoms. The van der Waals surface area contributed by atoms with Crippen molar-refractivity contribution in [2.24, 2.45) is 0 Å². The van der Waals surface area contributed by atoms with Gasteiger partial charge in [-0.25, -0.2) is 14.0 Å². The Morgan fingerprint density at radius 3 is 2.54 bits per heavy atom. The van der Waals surface area contributed by atoms with E-state index in [1.54, 1.807) is 6.92 Å². The summed E-state index contributed by atoms with van der Waals surface area (Å²) in [5.74, 6) is -0.918. The van der Waals surface area contributed by atoms with E-state index in [2.05, 4.69) is 5.32 Å². The number of benzene rings is 1. The van der Waals surface area contributed by atoms with Gasteiger partial charge in [0.1, 0.15) is 12.4 Å². The summed E-state index contributed by atoms with van der Waals surface area (Å²) in [6, 6.07) is 4.66. The van der Waals surface area contributed by atoms with E-state index in [1.807, 2.05) is 6.92 Å². The number of hydrogen-bond donors (Lipinski definition) is 1. The maximum Gasteiger partial charge on any atom is 0.338 e. The van der Waals surface area contributed by atoms with E-state index in [0.717, 1.165) is 0 Å². The number of esters is 1. The monoisotopic (exact) mass is 336 g/mol. The number of hydrogen-bond acceptors (Lipinski definition) is 4. The minimum atomic E-state index is -0.684. The Hall–Kier alpha value is -2.41. The van der Waals surface area contributed by atoms with Crippen LogP contribution in [0.2, 0.25) is 0 Å². The first kappa shape index (κ1) is 17.9. The van der Waals surface area contributed by atoms with Gasteiger partial charge in [-0.05, 0) is 31.5 Å². The molecule has 1 aromatic carbocycles. The zero-order valence-electron chi connectivity index (χ0n) is 14.0. The molecule has 0 aromatic heterocycles. The third kappa shape index (κ3) is 3.73. The number of methoxy groups -OCH3 is 1. The normalized spacial score (nSPS) is 17.8. The predicted octanol–water partition coefficient (Wildman–Crippen LogP) is 2.38. The van der Waals surface area contributed by atoms with Crippen LogP contribution in [0.3, 0.4) is 0 Å². The fourth-order valence-corrected chi connectivity index (χ4v) is 2.63. The third-order valence-corrected chi connectivity index (χ3v) is 3.86. The van der Waals surface area contributed by atoms with Crippen LogP contribution in [0.1, 0.15) is 25.5 Å². The van der Waals surface area contributed by atoms with E-state index in [4.69, 9.17) is 9.47 Å². The number of ether oxygens (including phenoxy) is 2. The number of carbonyl (C=O) groups is 2. The van der Waals surface area contributed by atoms with Crippen molar-refractivity contribution in [3.05, 3.63) is 46.9 Å². The molecule has 1 heterocycles. The summed E-state index contributed by atoms with van der Waals surface area (Å²) in [7, 11) is 1.51. The quantitative estimate of drug-likeness (QED) is 0.640.